The van der Waals surface area contributed by atoms with Gasteiger partial charge in [0, 0.05) is 18.6 Å². The van der Waals surface area contributed by atoms with Crippen molar-refractivity contribution in [3.63, 3.8) is 0 Å². The van der Waals surface area contributed by atoms with Crippen LogP contribution in [0, 0.1) is 6.92 Å². The van der Waals surface area contributed by atoms with Crippen LogP contribution in [0.2, 0.25) is 0 Å². The first-order chi connectivity index (χ1) is 8.78. The van der Waals surface area contributed by atoms with Crippen LogP contribution in [0.1, 0.15) is 23.4 Å². The molecule has 0 aliphatic heterocycles. The molecule has 0 saturated carbocycles. The highest BCUT2D eigenvalue weighted by Crippen LogP contribution is 2.22. The van der Waals surface area contributed by atoms with Gasteiger partial charge in [0.05, 0.1) is 6.54 Å². The zero-order valence-electron chi connectivity index (χ0n) is 10.6. The second kappa shape index (κ2) is 6.56. The number of rotatable bonds is 6. The van der Waals surface area contributed by atoms with Crippen LogP contribution in [0.25, 0.3) is 0 Å². The first-order valence-electron chi connectivity index (χ1n) is 6.08. The molecule has 1 aromatic heterocycles. The van der Waals surface area contributed by atoms with Gasteiger partial charge in [0.15, 0.2) is 0 Å². The van der Waals surface area contributed by atoms with Crippen LogP contribution in [-0.4, -0.2) is 16.7 Å². The number of thioether (sulfide) groups is 1. The molecule has 0 amide bonds. The molecular formula is C13H18N3OS+. The lowest BCUT2D eigenvalue weighted by molar-refractivity contribution is -0.368. The maximum absolute atomic E-state index is 5.55. The lowest BCUT2D eigenvalue weighted by Gasteiger charge is -1.99. The minimum absolute atomic E-state index is 0.649. The highest BCUT2D eigenvalue weighted by atomic mass is 32.2. The third kappa shape index (κ3) is 3.85. The van der Waals surface area contributed by atoms with Crippen molar-refractivity contribution in [2.45, 2.75) is 30.7 Å². The van der Waals surface area contributed by atoms with Gasteiger partial charge in [-0.1, -0.05) is 41.6 Å². The topological polar surface area (TPSA) is 66.6 Å². The average molecular weight is 264 g/mol. The van der Waals surface area contributed by atoms with E-state index in [1.807, 2.05) is 0 Å². The molecule has 0 unspecified atom stereocenters. The Balaban J connectivity index is 1.88. The summed E-state index contributed by atoms with van der Waals surface area (Å²) in [6.07, 6.45) is 1.81. The molecule has 0 aliphatic rings. The Labute approximate surface area is 111 Å². The van der Waals surface area contributed by atoms with Crippen molar-refractivity contribution in [1.82, 2.24) is 10.2 Å². The minimum Gasteiger partial charge on any atom is -0.416 e. The van der Waals surface area contributed by atoms with Gasteiger partial charge >= 0.3 is 0 Å². The highest BCUT2D eigenvalue weighted by Gasteiger charge is 2.06. The summed E-state index contributed by atoms with van der Waals surface area (Å²) < 4.78 is 5.55. The molecule has 0 atom stereocenters. The van der Waals surface area contributed by atoms with E-state index in [9.17, 15) is 0 Å². The molecule has 3 N–H and O–H groups in total. The normalized spacial score (nSPS) is 10.8. The smallest absolute Gasteiger partial charge is 0.276 e. The molecule has 5 heteroatoms. The van der Waals surface area contributed by atoms with Gasteiger partial charge in [-0.05, 0) is 12.5 Å². The Morgan fingerprint density at radius 3 is 3.00 bits per heavy atom. The van der Waals surface area contributed by atoms with Gasteiger partial charge in [-0.3, -0.25) is 0 Å². The minimum atomic E-state index is 0.649. The summed E-state index contributed by atoms with van der Waals surface area (Å²) in [5, 5.41) is 8.70. The monoisotopic (exact) mass is 264 g/mol. The fraction of sp³-hybridized carbons (Fsp3) is 0.385. The van der Waals surface area contributed by atoms with Crippen molar-refractivity contribution in [1.29, 1.82) is 0 Å². The van der Waals surface area contributed by atoms with E-state index in [4.69, 9.17) is 4.42 Å². The number of aromatic nitrogens is 2. The van der Waals surface area contributed by atoms with Gasteiger partial charge in [0.25, 0.3) is 5.22 Å². The molecule has 1 heterocycles. The van der Waals surface area contributed by atoms with E-state index in [-0.39, 0.29) is 0 Å². The predicted octanol–water partition coefficient (Wildman–Crippen LogP) is 1.84. The van der Waals surface area contributed by atoms with Crippen molar-refractivity contribution in [2.75, 3.05) is 6.54 Å². The number of aryl methyl sites for hydroxylation is 2. The van der Waals surface area contributed by atoms with Gasteiger partial charge < -0.3 is 10.2 Å². The predicted molar refractivity (Wildman–Crippen MR) is 71.1 cm³/mol. The van der Waals surface area contributed by atoms with Crippen LogP contribution in [0.5, 0.6) is 0 Å². The molecule has 0 bridgehead atoms. The summed E-state index contributed by atoms with van der Waals surface area (Å²) in [6, 6.07) is 8.45. The third-order valence-corrected chi connectivity index (χ3v) is 3.42. The van der Waals surface area contributed by atoms with Crippen LogP contribution >= 0.6 is 11.8 Å². The lowest BCUT2D eigenvalue weighted by atomic mass is 10.2. The molecule has 18 heavy (non-hydrogen) atoms. The standard InChI is InChI=1S/C13H17N3OS/c1-10-4-2-5-11(8-10)9-18-13-16-15-12(17-13)6-3-7-14/h2,4-5,8H,3,6-7,9,14H2,1H3/p+1. The van der Waals surface area contributed by atoms with Crippen LogP contribution < -0.4 is 5.73 Å². The van der Waals surface area contributed by atoms with E-state index in [1.165, 1.54) is 11.1 Å². The zero-order valence-corrected chi connectivity index (χ0v) is 11.4. The summed E-state index contributed by atoms with van der Waals surface area (Å²) >= 11 is 1.58. The molecule has 2 aromatic rings. The fourth-order valence-corrected chi connectivity index (χ4v) is 2.34. The molecule has 0 aliphatic carbocycles. The van der Waals surface area contributed by atoms with E-state index >= 15 is 0 Å². The van der Waals surface area contributed by atoms with Crippen molar-refractivity contribution in [2.24, 2.45) is 0 Å². The van der Waals surface area contributed by atoms with Crippen LogP contribution in [-0.2, 0) is 12.2 Å². The van der Waals surface area contributed by atoms with Gasteiger partial charge in [-0.2, -0.15) is 0 Å². The molecule has 0 spiro atoms. The van der Waals surface area contributed by atoms with Gasteiger partial charge in [0.2, 0.25) is 5.89 Å². The van der Waals surface area contributed by atoms with Gasteiger partial charge in [0.1, 0.15) is 0 Å². The Hall–Kier alpha value is -1.33. The maximum atomic E-state index is 5.55. The summed E-state index contributed by atoms with van der Waals surface area (Å²) in [4.78, 5) is 0. The Morgan fingerprint density at radius 1 is 1.33 bits per heavy atom. The van der Waals surface area contributed by atoms with E-state index in [1.54, 1.807) is 11.8 Å². The van der Waals surface area contributed by atoms with Crippen LogP contribution in [0.3, 0.4) is 0 Å². The summed E-state index contributed by atoms with van der Waals surface area (Å²) in [5.41, 5.74) is 6.35. The second-order valence-corrected chi connectivity index (χ2v) is 5.12. The second-order valence-electron chi connectivity index (χ2n) is 4.20. The molecule has 1 aromatic carbocycles. The molecule has 0 radical (unpaired) electrons. The number of benzene rings is 1. The maximum Gasteiger partial charge on any atom is 0.276 e. The Kier molecular flexibility index (Phi) is 4.78. The molecular weight excluding hydrogens is 246 g/mol. The van der Waals surface area contributed by atoms with E-state index in [0.717, 1.165) is 25.1 Å². The lowest BCUT2D eigenvalue weighted by Crippen LogP contribution is -2.50. The molecule has 2 rings (SSSR count). The van der Waals surface area contributed by atoms with Crippen LogP contribution in [0.4, 0.5) is 0 Å². The quantitative estimate of drug-likeness (QED) is 0.809. The summed E-state index contributed by atoms with van der Waals surface area (Å²) in [7, 11) is 0. The van der Waals surface area contributed by atoms with E-state index in [2.05, 4.69) is 47.1 Å². The van der Waals surface area contributed by atoms with E-state index in [0.29, 0.717) is 11.1 Å². The first kappa shape index (κ1) is 13.1. The van der Waals surface area contributed by atoms with Crippen molar-refractivity contribution in [3.8, 4) is 0 Å². The fourth-order valence-electron chi connectivity index (χ4n) is 1.62. The molecule has 0 saturated heterocycles. The summed E-state index contributed by atoms with van der Waals surface area (Å²) in [6.45, 7) is 2.99. The first-order valence-corrected chi connectivity index (χ1v) is 7.06. The van der Waals surface area contributed by atoms with Gasteiger partial charge in [-0.25, -0.2) is 0 Å². The van der Waals surface area contributed by atoms with Crippen LogP contribution in [0.15, 0.2) is 33.9 Å². The van der Waals surface area contributed by atoms with Crippen molar-refractivity contribution < 1.29 is 10.2 Å². The number of quaternary nitrogens is 1. The molecule has 0 fully saturated rings. The third-order valence-electron chi connectivity index (χ3n) is 2.53. The van der Waals surface area contributed by atoms with E-state index < -0.39 is 0 Å². The van der Waals surface area contributed by atoms with Crippen molar-refractivity contribution in [3.05, 3.63) is 41.3 Å². The number of hydrogen-bond donors (Lipinski definition) is 1. The number of hydrogen-bond acceptors (Lipinski definition) is 4. The van der Waals surface area contributed by atoms with Crippen molar-refractivity contribution >= 4 is 11.8 Å². The van der Waals surface area contributed by atoms with Gasteiger partial charge in [-0.15, -0.1) is 10.2 Å². The largest absolute Gasteiger partial charge is 0.416 e. The molecule has 4 nitrogen and oxygen atoms in total. The summed E-state index contributed by atoms with van der Waals surface area (Å²) in [5.74, 6) is 1.57. The average Bonchev–Trinajstić information content (AvgIpc) is 2.82. The Morgan fingerprint density at radius 2 is 2.22 bits per heavy atom. The Bertz CT molecular complexity index is 498. The number of nitrogens with zero attached hydrogens (tertiary/aromatic N) is 2. The molecule has 96 valence electrons. The SMILES string of the molecule is Cc1cccc(CSc2nnc(CCC[NH3+])o2)c1. The highest BCUT2D eigenvalue weighted by molar-refractivity contribution is 7.98. The zero-order chi connectivity index (χ0) is 12.8.